The first-order chi connectivity index (χ1) is 10.3. The van der Waals surface area contributed by atoms with Gasteiger partial charge < -0.3 is 10.1 Å². The van der Waals surface area contributed by atoms with Crippen molar-refractivity contribution in [2.45, 2.75) is 57.3 Å². The molecule has 1 aliphatic carbocycles. The fourth-order valence-corrected chi connectivity index (χ4v) is 4.03. The van der Waals surface area contributed by atoms with Crippen molar-refractivity contribution in [2.75, 3.05) is 20.2 Å². The van der Waals surface area contributed by atoms with Crippen molar-refractivity contribution in [2.24, 2.45) is 5.92 Å². The molecular weight excluding hydrogens is 258 g/mol. The van der Waals surface area contributed by atoms with E-state index in [1.165, 1.54) is 56.2 Å². The minimum Gasteiger partial charge on any atom is -0.496 e. The molecule has 2 heteroatoms. The van der Waals surface area contributed by atoms with Crippen LogP contribution in [0.15, 0.2) is 18.2 Å². The summed E-state index contributed by atoms with van der Waals surface area (Å²) in [6.45, 7) is 4.70. The molecule has 1 heterocycles. The van der Waals surface area contributed by atoms with E-state index in [2.05, 4.69) is 30.4 Å². The predicted octanol–water partition coefficient (Wildman–Crippen LogP) is 4.46. The molecule has 1 unspecified atom stereocenters. The zero-order valence-electron chi connectivity index (χ0n) is 13.5. The maximum Gasteiger partial charge on any atom is 0.122 e. The SMILES string of the molecule is COc1ccc(C2CCCNC2)cc1C1CCC(C)CC1. The monoisotopic (exact) mass is 287 g/mol. The summed E-state index contributed by atoms with van der Waals surface area (Å²) in [5.41, 5.74) is 2.98. The highest BCUT2D eigenvalue weighted by Crippen LogP contribution is 2.40. The van der Waals surface area contributed by atoms with E-state index in [4.69, 9.17) is 4.74 Å². The van der Waals surface area contributed by atoms with Gasteiger partial charge in [-0.25, -0.2) is 0 Å². The van der Waals surface area contributed by atoms with E-state index < -0.39 is 0 Å². The highest BCUT2D eigenvalue weighted by atomic mass is 16.5. The van der Waals surface area contributed by atoms with Gasteiger partial charge in [0.05, 0.1) is 7.11 Å². The van der Waals surface area contributed by atoms with E-state index in [0.717, 1.165) is 18.2 Å². The molecule has 0 aromatic heterocycles. The third kappa shape index (κ3) is 3.42. The lowest BCUT2D eigenvalue weighted by molar-refractivity contribution is 0.336. The second-order valence-electron chi connectivity index (χ2n) is 7.00. The zero-order valence-corrected chi connectivity index (χ0v) is 13.5. The van der Waals surface area contributed by atoms with Crippen LogP contribution in [0, 0.1) is 5.92 Å². The highest BCUT2D eigenvalue weighted by molar-refractivity contribution is 5.41. The molecule has 0 bridgehead atoms. The molecule has 3 rings (SSSR count). The van der Waals surface area contributed by atoms with Crippen LogP contribution in [0.25, 0.3) is 0 Å². The second-order valence-corrected chi connectivity index (χ2v) is 7.00. The molecule has 1 aromatic rings. The van der Waals surface area contributed by atoms with Crippen molar-refractivity contribution in [3.05, 3.63) is 29.3 Å². The number of ether oxygens (including phenoxy) is 1. The number of hydrogen-bond acceptors (Lipinski definition) is 2. The van der Waals surface area contributed by atoms with Crippen molar-refractivity contribution in [3.63, 3.8) is 0 Å². The van der Waals surface area contributed by atoms with Crippen LogP contribution < -0.4 is 10.1 Å². The summed E-state index contributed by atoms with van der Waals surface area (Å²) >= 11 is 0. The van der Waals surface area contributed by atoms with Gasteiger partial charge in [0.2, 0.25) is 0 Å². The van der Waals surface area contributed by atoms with Gasteiger partial charge in [0.25, 0.3) is 0 Å². The Morgan fingerprint density at radius 1 is 1.05 bits per heavy atom. The lowest BCUT2D eigenvalue weighted by atomic mass is 9.78. The fraction of sp³-hybridized carbons (Fsp3) is 0.684. The van der Waals surface area contributed by atoms with Gasteiger partial charge in [-0.05, 0) is 67.2 Å². The van der Waals surface area contributed by atoms with Gasteiger partial charge in [-0.1, -0.05) is 31.9 Å². The van der Waals surface area contributed by atoms with E-state index in [1.54, 1.807) is 0 Å². The second kappa shape index (κ2) is 6.83. The smallest absolute Gasteiger partial charge is 0.122 e. The number of methoxy groups -OCH3 is 1. The van der Waals surface area contributed by atoms with Gasteiger partial charge in [-0.3, -0.25) is 0 Å². The maximum atomic E-state index is 5.65. The van der Waals surface area contributed by atoms with Gasteiger partial charge in [0.15, 0.2) is 0 Å². The molecule has 1 aliphatic heterocycles. The third-order valence-corrected chi connectivity index (χ3v) is 5.48. The van der Waals surface area contributed by atoms with E-state index in [9.17, 15) is 0 Å². The van der Waals surface area contributed by atoms with E-state index in [1.807, 2.05) is 7.11 Å². The minimum atomic E-state index is 0.686. The third-order valence-electron chi connectivity index (χ3n) is 5.48. The molecule has 2 nitrogen and oxygen atoms in total. The predicted molar refractivity (Wildman–Crippen MR) is 88.2 cm³/mol. The Morgan fingerprint density at radius 3 is 2.52 bits per heavy atom. The molecule has 1 N–H and O–H groups in total. The van der Waals surface area contributed by atoms with Crippen molar-refractivity contribution >= 4 is 0 Å². The van der Waals surface area contributed by atoms with Crippen LogP contribution in [-0.4, -0.2) is 20.2 Å². The number of benzene rings is 1. The Labute approximate surface area is 129 Å². The molecule has 1 atom stereocenters. The molecule has 1 saturated heterocycles. The first-order valence-electron chi connectivity index (χ1n) is 8.66. The van der Waals surface area contributed by atoms with Crippen molar-refractivity contribution in [1.29, 1.82) is 0 Å². The molecule has 1 aromatic carbocycles. The summed E-state index contributed by atoms with van der Waals surface area (Å²) in [6, 6.07) is 6.94. The molecule has 0 amide bonds. The summed E-state index contributed by atoms with van der Waals surface area (Å²) in [5, 5.41) is 3.54. The van der Waals surface area contributed by atoms with E-state index in [-0.39, 0.29) is 0 Å². The van der Waals surface area contributed by atoms with Crippen molar-refractivity contribution < 1.29 is 4.74 Å². The van der Waals surface area contributed by atoms with Crippen LogP contribution in [0.2, 0.25) is 0 Å². The Bertz CT molecular complexity index is 457. The van der Waals surface area contributed by atoms with Crippen molar-refractivity contribution in [1.82, 2.24) is 5.32 Å². The summed E-state index contributed by atoms with van der Waals surface area (Å²) in [5.74, 6) is 3.39. The molecular formula is C19H29NO. The number of rotatable bonds is 3. The quantitative estimate of drug-likeness (QED) is 0.886. The van der Waals surface area contributed by atoms with E-state index >= 15 is 0 Å². The normalized spacial score (nSPS) is 30.1. The van der Waals surface area contributed by atoms with Gasteiger partial charge in [0.1, 0.15) is 5.75 Å². The Morgan fingerprint density at radius 2 is 1.86 bits per heavy atom. The molecule has 2 fully saturated rings. The lowest BCUT2D eigenvalue weighted by Crippen LogP contribution is -2.28. The van der Waals surface area contributed by atoms with Crippen LogP contribution >= 0.6 is 0 Å². The Kier molecular flexibility index (Phi) is 4.84. The van der Waals surface area contributed by atoms with Crippen LogP contribution in [-0.2, 0) is 0 Å². The molecule has 0 radical (unpaired) electrons. The van der Waals surface area contributed by atoms with Crippen molar-refractivity contribution in [3.8, 4) is 5.75 Å². The average molecular weight is 287 g/mol. The number of hydrogen-bond donors (Lipinski definition) is 1. The largest absolute Gasteiger partial charge is 0.496 e. The Balaban J connectivity index is 1.82. The molecule has 116 valence electrons. The first-order valence-corrected chi connectivity index (χ1v) is 8.66. The standard InChI is InChI=1S/C19H29NO/c1-14-5-7-15(8-6-14)18-12-16(9-10-19(18)21-2)17-4-3-11-20-13-17/h9-10,12,14-15,17,20H,3-8,11,13H2,1-2H3. The number of piperidine rings is 1. The summed E-state index contributed by atoms with van der Waals surface area (Å²) in [4.78, 5) is 0. The molecule has 1 saturated carbocycles. The summed E-state index contributed by atoms with van der Waals surface area (Å²) < 4.78 is 5.65. The van der Waals surface area contributed by atoms with E-state index in [0.29, 0.717) is 11.8 Å². The molecule has 0 spiro atoms. The minimum absolute atomic E-state index is 0.686. The fourth-order valence-electron chi connectivity index (χ4n) is 4.03. The van der Waals surface area contributed by atoms with Crippen LogP contribution in [0.5, 0.6) is 5.75 Å². The highest BCUT2D eigenvalue weighted by Gasteiger charge is 2.24. The van der Waals surface area contributed by atoms with Gasteiger partial charge in [-0.15, -0.1) is 0 Å². The first kappa shape index (κ1) is 14.9. The summed E-state index contributed by atoms with van der Waals surface area (Å²) in [6.07, 6.45) is 7.99. The topological polar surface area (TPSA) is 21.3 Å². The van der Waals surface area contributed by atoms with Crippen LogP contribution in [0.3, 0.4) is 0 Å². The average Bonchev–Trinajstić information content (AvgIpc) is 2.56. The zero-order chi connectivity index (χ0) is 14.7. The molecule has 2 aliphatic rings. The maximum absolute atomic E-state index is 5.65. The summed E-state index contributed by atoms with van der Waals surface area (Å²) in [7, 11) is 1.81. The molecule has 21 heavy (non-hydrogen) atoms. The van der Waals surface area contributed by atoms with Gasteiger partial charge >= 0.3 is 0 Å². The van der Waals surface area contributed by atoms with Crippen LogP contribution in [0.4, 0.5) is 0 Å². The van der Waals surface area contributed by atoms with Gasteiger partial charge in [-0.2, -0.15) is 0 Å². The lowest BCUT2D eigenvalue weighted by Gasteiger charge is -2.29. The van der Waals surface area contributed by atoms with Crippen LogP contribution in [0.1, 0.15) is 68.4 Å². The Hall–Kier alpha value is -1.02. The van der Waals surface area contributed by atoms with Gasteiger partial charge in [0, 0.05) is 6.54 Å². The number of nitrogens with one attached hydrogen (secondary N) is 1.